The van der Waals surface area contributed by atoms with Gasteiger partial charge in [0.2, 0.25) is 10.0 Å². The Balaban J connectivity index is 1.42. The zero-order valence-corrected chi connectivity index (χ0v) is 19.8. The predicted octanol–water partition coefficient (Wildman–Crippen LogP) is 1.34. The van der Waals surface area contributed by atoms with Gasteiger partial charge in [0.25, 0.3) is 0 Å². The van der Waals surface area contributed by atoms with E-state index in [4.69, 9.17) is 10.1 Å². The summed E-state index contributed by atoms with van der Waals surface area (Å²) in [4.78, 5) is 29.3. The maximum absolute atomic E-state index is 11.9. The Bertz CT molecular complexity index is 1670. The summed E-state index contributed by atoms with van der Waals surface area (Å²) < 4.78 is 26.9. The molecule has 1 unspecified atom stereocenters. The maximum Gasteiger partial charge on any atom is 0.343 e. The Morgan fingerprint density at radius 1 is 1.28 bits per heavy atom. The summed E-state index contributed by atoms with van der Waals surface area (Å²) in [5.41, 5.74) is 2.89. The second kappa shape index (κ2) is 7.87. The van der Waals surface area contributed by atoms with Gasteiger partial charge in [-0.1, -0.05) is 0 Å². The van der Waals surface area contributed by atoms with Crippen LogP contribution in [0.5, 0.6) is 0 Å². The molecule has 3 aromatic rings. The zero-order valence-electron chi connectivity index (χ0n) is 19.0. The van der Waals surface area contributed by atoms with Crippen molar-refractivity contribution < 1.29 is 13.2 Å². The molecule has 1 saturated heterocycles. The first kappa shape index (κ1) is 22.2. The number of amides is 2. The predicted molar refractivity (Wildman–Crippen MR) is 132 cm³/mol. The van der Waals surface area contributed by atoms with Crippen molar-refractivity contribution in [2.24, 2.45) is 9.98 Å². The Morgan fingerprint density at radius 2 is 2.11 bits per heavy atom. The van der Waals surface area contributed by atoms with Crippen LogP contribution in [0.3, 0.4) is 0 Å². The van der Waals surface area contributed by atoms with Crippen molar-refractivity contribution in [1.82, 2.24) is 29.4 Å². The first-order chi connectivity index (χ1) is 17.3. The van der Waals surface area contributed by atoms with Gasteiger partial charge in [0.05, 0.1) is 35.7 Å². The van der Waals surface area contributed by atoms with E-state index in [9.17, 15) is 18.5 Å². The molecule has 3 aliphatic rings. The van der Waals surface area contributed by atoms with Crippen LogP contribution in [-0.4, -0.2) is 75.9 Å². The van der Waals surface area contributed by atoms with Crippen molar-refractivity contribution in [2.45, 2.75) is 18.1 Å². The Hall–Kier alpha value is -4.28. The van der Waals surface area contributed by atoms with E-state index in [1.807, 2.05) is 18.2 Å². The van der Waals surface area contributed by atoms with Gasteiger partial charge in [-0.2, -0.15) is 19.7 Å². The van der Waals surface area contributed by atoms with Crippen LogP contribution in [0.25, 0.3) is 27.9 Å². The molecule has 180 valence electrons. The minimum absolute atomic E-state index is 0.120. The molecule has 1 fully saturated rings. The summed E-state index contributed by atoms with van der Waals surface area (Å²) in [6.07, 6.45) is 7.64. The largest absolute Gasteiger partial charge is 0.343 e. The molecule has 0 spiro atoms. The van der Waals surface area contributed by atoms with Crippen molar-refractivity contribution in [1.29, 1.82) is 5.26 Å². The minimum Gasteiger partial charge on any atom is -0.309 e. The Morgan fingerprint density at radius 3 is 2.89 bits per heavy atom. The number of carbonyl (C=O) groups is 1. The van der Waals surface area contributed by atoms with Gasteiger partial charge in [0.15, 0.2) is 6.17 Å². The number of rotatable bonds is 5. The first-order valence-corrected chi connectivity index (χ1v) is 12.9. The molecule has 3 aliphatic heterocycles. The Labute approximate surface area is 205 Å². The van der Waals surface area contributed by atoms with E-state index in [2.05, 4.69) is 26.4 Å². The molecule has 3 aromatic heterocycles. The van der Waals surface area contributed by atoms with E-state index in [0.29, 0.717) is 33.9 Å². The highest BCUT2D eigenvalue weighted by Gasteiger charge is 2.49. The van der Waals surface area contributed by atoms with E-state index in [0.717, 1.165) is 11.6 Å². The van der Waals surface area contributed by atoms with Gasteiger partial charge in [-0.15, -0.1) is 0 Å². The van der Waals surface area contributed by atoms with E-state index in [-0.39, 0.29) is 19.5 Å². The number of hydrogen-bond donors (Lipinski definition) is 1. The van der Waals surface area contributed by atoms with E-state index in [1.165, 1.54) is 4.31 Å². The van der Waals surface area contributed by atoms with Crippen LogP contribution in [0.15, 0.2) is 52.7 Å². The molecule has 2 amide bonds. The number of aliphatic imine (C=N–C) groups is 2. The van der Waals surface area contributed by atoms with Crippen LogP contribution in [0.1, 0.15) is 12.1 Å². The molecule has 0 saturated carbocycles. The highest BCUT2D eigenvalue weighted by molar-refractivity contribution is 7.88. The average molecular weight is 502 g/mol. The second-order valence-electron chi connectivity index (χ2n) is 8.93. The van der Waals surface area contributed by atoms with Gasteiger partial charge in [-0.25, -0.2) is 18.2 Å². The molecular weight excluding hydrogens is 482 g/mol. The van der Waals surface area contributed by atoms with E-state index >= 15 is 0 Å². The quantitative estimate of drug-likeness (QED) is 0.552. The van der Waals surface area contributed by atoms with Crippen molar-refractivity contribution in [3.8, 4) is 17.5 Å². The molecule has 6 rings (SSSR count). The molecule has 0 aromatic carbocycles. The number of pyridine rings is 2. The summed E-state index contributed by atoms with van der Waals surface area (Å²) in [7, 11) is -3.36. The monoisotopic (exact) mass is 501 g/mol. The van der Waals surface area contributed by atoms with Gasteiger partial charge in [0.1, 0.15) is 16.9 Å². The number of nitriles is 1. The summed E-state index contributed by atoms with van der Waals surface area (Å²) >= 11 is 0. The molecule has 13 heteroatoms. The summed E-state index contributed by atoms with van der Waals surface area (Å²) in [6.45, 7) is 0.353. The number of nitrogens with zero attached hydrogens (tertiary/aromatic N) is 8. The van der Waals surface area contributed by atoms with Crippen molar-refractivity contribution >= 4 is 44.5 Å². The van der Waals surface area contributed by atoms with Gasteiger partial charge in [0, 0.05) is 42.7 Å². The van der Waals surface area contributed by atoms with Crippen molar-refractivity contribution in [3.05, 3.63) is 48.4 Å². The topological polar surface area (TPSA) is 159 Å². The molecule has 36 heavy (non-hydrogen) atoms. The van der Waals surface area contributed by atoms with Crippen LogP contribution >= 0.6 is 0 Å². The first-order valence-electron chi connectivity index (χ1n) is 11.0. The number of hydrogen-bond acceptors (Lipinski definition) is 8. The summed E-state index contributed by atoms with van der Waals surface area (Å²) in [5.74, 6) is 0. The van der Waals surface area contributed by atoms with Crippen LogP contribution in [0.4, 0.5) is 4.79 Å². The number of allylic oxidation sites excluding steroid dienone is 1. The lowest BCUT2D eigenvalue weighted by molar-refractivity contribution is 0.0726. The highest BCUT2D eigenvalue weighted by atomic mass is 32.2. The third-order valence-corrected chi connectivity index (χ3v) is 7.66. The summed E-state index contributed by atoms with van der Waals surface area (Å²) in [6, 6.07) is 9.08. The number of carbonyl (C=O) groups excluding carboxylic acids is 1. The molecule has 12 nitrogen and oxygen atoms in total. The van der Waals surface area contributed by atoms with Crippen LogP contribution in [0, 0.1) is 11.3 Å². The molecule has 0 radical (unpaired) electrons. The minimum atomic E-state index is -3.36. The normalized spacial score (nSPS) is 20.8. The number of dihydropyridines is 1. The summed E-state index contributed by atoms with van der Waals surface area (Å²) in [5, 5.41) is 17.6. The molecule has 1 N–H and O–H groups in total. The third-order valence-electron chi connectivity index (χ3n) is 6.47. The fourth-order valence-electron chi connectivity index (χ4n) is 4.58. The average Bonchev–Trinajstić information content (AvgIpc) is 3.45. The zero-order chi connectivity index (χ0) is 25.1. The van der Waals surface area contributed by atoms with Crippen LogP contribution < -0.4 is 5.32 Å². The second-order valence-corrected chi connectivity index (χ2v) is 10.9. The highest BCUT2D eigenvalue weighted by Crippen LogP contribution is 2.35. The fraction of sp³-hybridized carbons (Fsp3) is 0.261. The number of sulfonamides is 1. The van der Waals surface area contributed by atoms with Crippen LogP contribution in [0.2, 0.25) is 0 Å². The lowest BCUT2D eigenvalue weighted by atomic mass is 9.89. The Kier molecular flexibility index (Phi) is 4.85. The number of fused-ring (bicyclic) bond motifs is 2. The van der Waals surface area contributed by atoms with Gasteiger partial charge >= 0.3 is 6.03 Å². The number of urea groups is 1. The maximum atomic E-state index is 11.9. The fourth-order valence-corrected chi connectivity index (χ4v) is 5.53. The van der Waals surface area contributed by atoms with Crippen molar-refractivity contribution in [2.75, 3.05) is 19.3 Å². The molecular formula is C23H19N9O3S. The lowest BCUT2D eigenvalue weighted by Crippen LogP contribution is -2.63. The van der Waals surface area contributed by atoms with E-state index < -0.39 is 27.8 Å². The van der Waals surface area contributed by atoms with Gasteiger partial charge in [-0.05, 0) is 30.3 Å². The molecule has 6 heterocycles. The van der Waals surface area contributed by atoms with Crippen molar-refractivity contribution in [3.63, 3.8) is 0 Å². The number of aromatic nitrogens is 4. The van der Waals surface area contributed by atoms with Crippen LogP contribution in [-0.2, 0) is 15.6 Å². The molecule has 1 atom stereocenters. The van der Waals surface area contributed by atoms with Gasteiger partial charge < -0.3 is 5.32 Å². The lowest BCUT2D eigenvalue weighted by Gasteiger charge is -2.47. The standard InChI is InChI=1S/C23H19N9O3S/c1-36(34,35)31-12-23(13-31,5-6-24)32-8-4-16(30-32)20-15-3-2-7-25-18(15)10-17(27-20)14-9-19-21(26-11-14)29-22(33)28-19/h2-4,7-11,21H,5,12-13H2,1H3,(H,29,33). The van der Waals surface area contributed by atoms with Gasteiger partial charge in [-0.3, -0.25) is 14.7 Å². The molecule has 0 bridgehead atoms. The smallest absolute Gasteiger partial charge is 0.309 e. The molecule has 0 aliphatic carbocycles. The third kappa shape index (κ3) is 3.58. The van der Waals surface area contributed by atoms with E-state index in [1.54, 1.807) is 35.4 Å². The number of nitrogens with one attached hydrogen (secondary N) is 1. The SMILES string of the molecule is CS(=O)(=O)N1CC(CC#N)(n2ccc(-c3nc(C4=CC5=NC(=O)NC5N=C4)cc4ncccc34)n2)C1.